The second-order valence-corrected chi connectivity index (χ2v) is 2.76. The summed E-state index contributed by atoms with van der Waals surface area (Å²) in [5.74, 6) is -1.62. The van der Waals surface area contributed by atoms with Crippen molar-refractivity contribution in [1.29, 1.82) is 0 Å². The number of carboxylic acid groups (broad SMARTS) is 1. The van der Waals surface area contributed by atoms with Gasteiger partial charge in [-0.1, -0.05) is 6.92 Å². The Morgan fingerprint density at radius 1 is 1.11 bits per heavy atom. The van der Waals surface area contributed by atoms with Crippen LogP contribution in [0.15, 0.2) is 0 Å². The average Bonchev–Trinajstić information content (AvgIpc) is 2.34. The zero-order valence-electron chi connectivity index (χ0n) is 10.0. The number of carbonyl (C=O) groups is 2. The average molecular weight is 270 g/mol. The maximum absolute atomic E-state index is 11.1. The number of hydrogen-bond donors (Lipinski definition) is 1. The van der Waals surface area contributed by atoms with E-state index in [-0.39, 0.29) is 6.42 Å². The number of carbonyl (C=O) groups excluding carboxylic acids is 1. The van der Waals surface area contributed by atoms with E-state index in [1.54, 1.807) is 0 Å². The van der Waals surface area contributed by atoms with Crippen LogP contribution < -0.4 is 0 Å². The van der Waals surface area contributed by atoms with E-state index in [0.717, 1.165) is 0 Å². The lowest BCUT2D eigenvalue weighted by Gasteiger charge is -2.28. The first kappa shape index (κ1) is 16.4. The molecule has 0 fully saturated rings. The minimum Gasteiger partial charge on any atom is -0.448 e. The molecule has 0 saturated heterocycles. The number of ether oxygens (including phenoxy) is 3. The summed E-state index contributed by atoms with van der Waals surface area (Å²) in [4.78, 5) is 28.2. The fourth-order valence-corrected chi connectivity index (χ4v) is 0.957. The van der Waals surface area contributed by atoms with Gasteiger partial charge in [0.2, 0.25) is 0 Å². The Bertz CT molecular complexity index is 261. The zero-order chi connectivity index (χ0) is 14.0. The molecule has 0 heterocycles. The number of hydrogen-bond acceptors (Lipinski definition) is 9. The molecule has 0 saturated carbocycles. The van der Waals surface area contributed by atoms with Crippen LogP contribution in [0.4, 0.5) is 9.59 Å². The number of rotatable bonds is 8. The SMILES string of the molecule is CCCC(OC)(OC)OC(=O)OOOOC(=O)O. The second kappa shape index (κ2) is 8.47. The largest absolute Gasteiger partial charge is 0.547 e. The van der Waals surface area contributed by atoms with Gasteiger partial charge in [-0.25, -0.2) is 19.4 Å². The van der Waals surface area contributed by atoms with Gasteiger partial charge in [0.25, 0.3) is 0 Å². The predicted molar refractivity (Wildman–Crippen MR) is 50.5 cm³/mol. The first-order valence-electron chi connectivity index (χ1n) is 4.73. The molecule has 0 amide bonds. The van der Waals surface area contributed by atoms with Gasteiger partial charge in [-0.15, -0.1) is 0 Å². The van der Waals surface area contributed by atoms with Crippen molar-refractivity contribution in [2.75, 3.05) is 14.2 Å². The number of methoxy groups -OCH3 is 2. The smallest absolute Gasteiger partial charge is 0.448 e. The molecule has 0 aliphatic carbocycles. The van der Waals surface area contributed by atoms with E-state index in [4.69, 9.17) is 14.6 Å². The van der Waals surface area contributed by atoms with Crippen LogP contribution in [-0.4, -0.2) is 37.6 Å². The minimum atomic E-state index is -1.79. The van der Waals surface area contributed by atoms with Crippen molar-refractivity contribution < 1.29 is 48.8 Å². The summed E-state index contributed by atoms with van der Waals surface area (Å²) in [6, 6.07) is 0. The molecule has 0 rings (SSSR count). The van der Waals surface area contributed by atoms with Crippen molar-refractivity contribution in [3.05, 3.63) is 0 Å². The van der Waals surface area contributed by atoms with E-state index in [0.29, 0.717) is 6.42 Å². The molecule has 0 aliphatic rings. The van der Waals surface area contributed by atoms with E-state index < -0.39 is 18.3 Å². The van der Waals surface area contributed by atoms with Gasteiger partial charge in [-0.2, -0.15) is 0 Å². The Kier molecular flexibility index (Phi) is 7.71. The Hall–Kier alpha value is -1.62. The standard InChI is InChI=1S/C8H14O10/c1-4-5-8(12-2,13-3)14-7(11)16-18-17-15-6(9)10/h4-5H2,1-3H3,(H,9,10). The van der Waals surface area contributed by atoms with Crippen molar-refractivity contribution in [2.45, 2.75) is 25.7 Å². The molecule has 0 atom stereocenters. The van der Waals surface area contributed by atoms with Crippen LogP contribution in [0, 0.1) is 0 Å². The van der Waals surface area contributed by atoms with Crippen molar-refractivity contribution in [2.24, 2.45) is 0 Å². The lowest BCUT2D eigenvalue weighted by Crippen LogP contribution is -2.39. The van der Waals surface area contributed by atoms with Crippen molar-refractivity contribution in [1.82, 2.24) is 0 Å². The van der Waals surface area contributed by atoms with E-state index in [2.05, 4.69) is 24.6 Å². The van der Waals surface area contributed by atoms with E-state index in [1.165, 1.54) is 14.2 Å². The molecule has 0 radical (unpaired) electrons. The van der Waals surface area contributed by atoms with Crippen LogP contribution in [-0.2, 0) is 34.1 Å². The fourth-order valence-electron chi connectivity index (χ4n) is 0.957. The Balaban J connectivity index is 4.06. The van der Waals surface area contributed by atoms with Crippen LogP contribution in [0.2, 0.25) is 0 Å². The van der Waals surface area contributed by atoms with Gasteiger partial charge in [0.1, 0.15) is 0 Å². The lowest BCUT2D eigenvalue weighted by atomic mass is 10.3. The fraction of sp³-hybridized carbons (Fsp3) is 0.750. The maximum atomic E-state index is 11.1. The van der Waals surface area contributed by atoms with Gasteiger partial charge in [0.15, 0.2) is 0 Å². The van der Waals surface area contributed by atoms with Crippen molar-refractivity contribution >= 4 is 12.3 Å². The lowest BCUT2D eigenvalue weighted by molar-refractivity contribution is -0.602. The first-order chi connectivity index (χ1) is 8.49. The van der Waals surface area contributed by atoms with E-state index in [1.807, 2.05) is 6.92 Å². The molecule has 0 aromatic carbocycles. The van der Waals surface area contributed by atoms with Crippen molar-refractivity contribution in [3.63, 3.8) is 0 Å². The molecule has 106 valence electrons. The summed E-state index contributed by atoms with van der Waals surface area (Å²) in [6.07, 6.45) is -2.34. The molecule has 0 aliphatic heterocycles. The van der Waals surface area contributed by atoms with E-state index >= 15 is 0 Å². The third kappa shape index (κ3) is 6.20. The van der Waals surface area contributed by atoms with Gasteiger partial charge in [-0.3, -0.25) is 0 Å². The molecule has 10 heteroatoms. The normalized spacial score (nSPS) is 10.8. The Labute approximate surface area is 102 Å². The molecule has 1 N–H and O–H groups in total. The molecule has 0 aromatic rings. The predicted octanol–water partition coefficient (Wildman–Crippen LogP) is 1.36. The first-order valence-corrected chi connectivity index (χ1v) is 4.73. The summed E-state index contributed by atoms with van der Waals surface area (Å²) in [5.41, 5.74) is 0. The summed E-state index contributed by atoms with van der Waals surface area (Å²) in [5, 5.41) is 15.1. The van der Waals surface area contributed by atoms with Crippen LogP contribution >= 0.6 is 0 Å². The van der Waals surface area contributed by atoms with Crippen LogP contribution in [0.3, 0.4) is 0 Å². The van der Waals surface area contributed by atoms with Gasteiger partial charge in [0, 0.05) is 30.7 Å². The molecule has 10 nitrogen and oxygen atoms in total. The second-order valence-electron chi connectivity index (χ2n) is 2.76. The monoisotopic (exact) mass is 270 g/mol. The molecule has 0 bridgehead atoms. The molecular formula is C8H14O10. The molecule has 18 heavy (non-hydrogen) atoms. The molecule has 0 spiro atoms. The highest BCUT2D eigenvalue weighted by atomic mass is 17.7. The molecule has 0 unspecified atom stereocenters. The Morgan fingerprint density at radius 3 is 2.11 bits per heavy atom. The van der Waals surface area contributed by atoms with Gasteiger partial charge in [-0.05, 0) is 6.42 Å². The van der Waals surface area contributed by atoms with Gasteiger partial charge >= 0.3 is 18.3 Å². The Morgan fingerprint density at radius 2 is 1.67 bits per heavy atom. The topological polar surface area (TPSA) is 119 Å². The minimum absolute atomic E-state index is 0.238. The molecular weight excluding hydrogens is 256 g/mol. The van der Waals surface area contributed by atoms with Crippen LogP contribution in [0.25, 0.3) is 0 Å². The van der Waals surface area contributed by atoms with E-state index in [9.17, 15) is 9.59 Å². The highest BCUT2D eigenvalue weighted by Gasteiger charge is 2.35. The van der Waals surface area contributed by atoms with Gasteiger partial charge in [0.05, 0.1) is 0 Å². The summed E-state index contributed by atoms with van der Waals surface area (Å²) in [6.45, 7) is 1.81. The summed E-state index contributed by atoms with van der Waals surface area (Å²) in [7, 11) is 2.52. The summed E-state index contributed by atoms with van der Waals surface area (Å²) >= 11 is 0. The third-order valence-electron chi connectivity index (χ3n) is 1.65. The van der Waals surface area contributed by atoms with Crippen LogP contribution in [0.1, 0.15) is 19.8 Å². The highest BCUT2D eigenvalue weighted by molar-refractivity contribution is 5.59. The molecule has 0 aromatic heterocycles. The third-order valence-corrected chi connectivity index (χ3v) is 1.65. The van der Waals surface area contributed by atoms with Crippen molar-refractivity contribution in [3.8, 4) is 0 Å². The maximum Gasteiger partial charge on any atom is 0.547 e. The highest BCUT2D eigenvalue weighted by Crippen LogP contribution is 2.20. The zero-order valence-corrected chi connectivity index (χ0v) is 10.0. The van der Waals surface area contributed by atoms with Gasteiger partial charge < -0.3 is 19.3 Å². The summed E-state index contributed by atoms with van der Waals surface area (Å²) < 4.78 is 14.4. The quantitative estimate of drug-likeness (QED) is 0.227. The van der Waals surface area contributed by atoms with Crippen LogP contribution in [0.5, 0.6) is 0 Å².